The van der Waals surface area contributed by atoms with Gasteiger partial charge in [-0.25, -0.2) is 4.98 Å². The molecule has 6 nitrogen and oxygen atoms in total. The van der Waals surface area contributed by atoms with Crippen LogP contribution in [0, 0.1) is 0 Å². The maximum atomic E-state index is 13.5. The van der Waals surface area contributed by atoms with Crippen LogP contribution < -0.4 is 0 Å². The van der Waals surface area contributed by atoms with E-state index < -0.39 is 0 Å². The SMILES string of the molecule is O=C1c2ccc(C(=O)N3CCCC3c3nc4ccccc4s3)cc2C(=O)N1Cc1ccccc1. The molecule has 0 saturated carbocycles. The summed E-state index contributed by atoms with van der Waals surface area (Å²) in [6, 6.07) is 22.2. The van der Waals surface area contributed by atoms with E-state index in [0.717, 1.165) is 33.6 Å². The molecule has 3 heterocycles. The van der Waals surface area contributed by atoms with E-state index in [1.807, 2.05) is 59.5 Å². The molecule has 3 amide bonds. The number of rotatable bonds is 4. The molecule has 2 aliphatic rings. The van der Waals surface area contributed by atoms with Crippen molar-refractivity contribution in [2.24, 2.45) is 0 Å². The molecule has 0 spiro atoms. The number of amides is 3. The zero-order chi connectivity index (χ0) is 23.2. The van der Waals surface area contributed by atoms with Gasteiger partial charge in [-0.1, -0.05) is 42.5 Å². The van der Waals surface area contributed by atoms with E-state index >= 15 is 0 Å². The van der Waals surface area contributed by atoms with Gasteiger partial charge >= 0.3 is 0 Å². The number of aromatic nitrogens is 1. The summed E-state index contributed by atoms with van der Waals surface area (Å²) in [4.78, 5) is 47.3. The molecule has 34 heavy (non-hydrogen) atoms. The molecular formula is C27H21N3O3S. The van der Waals surface area contributed by atoms with Gasteiger partial charge in [0, 0.05) is 12.1 Å². The number of hydrogen-bond donors (Lipinski definition) is 0. The third-order valence-electron chi connectivity index (χ3n) is 6.51. The number of para-hydroxylation sites is 1. The topological polar surface area (TPSA) is 70.6 Å². The molecule has 1 atom stereocenters. The van der Waals surface area contributed by atoms with Gasteiger partial charge in [0.1, 0.15) is 5.01 Å². The van der Waals surface area contributed by atoms with Crippen molar-refractivity contribution in [3.8, 4) is 0 Å². The summed E-state index contributed by atoms with van der Waals surface area (Å²) in [5.41, 5.74) is 2.89. The van der Waals surface area contributed by atoms with Crippen molar-refractivity contribution in [2.45, 2.75) is 25.4 Å². The minimum atomic E-state index is -0.359. The lowest BCUT2D eigenvalue weighted by atomic mass is 10.0. The monoisotopic (exact) mass is 467 g/mol. The van der Waals surface area contributed by atoms with Gasteiger partial charge in [-0.15, -0.1) is 11.3 Å². The van der Waals surface area contributed by atoms with Gasteiger partial charge in [-0.05, 0) is 48.7 Å². The summed E-state index contributed by atoms with van der Waals surface area (Å²) in [5, 5.41) is 0.938. The van der Waals surface area contributed by atoms with Gasteiger partial charge in [-0.3, -0.25) is 19.3 Å². The lowest BCUT2D eigenvalue weighted by molar-refractivity contribution is 0.0641. The maximum absolute atomic E-state index is 13.5. The number of hydrogen-bond acceptors (Lipinski definition) is 5. The van der Waals surface area contributed by atoms with Gasteiger partial charge in [0.05, 0.1) is 33.9 Å². The lowest BCUT2D eigenvalue weighted by Gasteiger charge is -2.23. The highest BCUT2D eigenvalue weighted by atomic mass is 32.1. The first kappa shape index (κ1) is 20.7. The third-order valence-corrected chi connectivity index (χ3v) is 7.65. The minimum absolute atomic E-state index is 0.0786. The van der Waals surface area contributed by atoms with Crippen LogP contribution in [-0.4, -0.2) is 39.1 Å². The molecule has 1 fully saturated rings. The summed E-state index contributed by atoms with van der Waals surface area (Å²) in [7, 11) is 0. The first-order valence-corrected chi connectivity index (χ1v) is 12.1. The first-order valence-electron chi connectivity index (χ1n) is 11.3. The zero-order valence-corrected chi connectivity index (χ0v) is 19.1. The predicted molar refractivity (Wildman–Crippen MR) is 130 cm³/mol. The van der Waals surface area contributed by atoms with Crippen molar-refractivity contribution in [2.75, 3.05) is 6.54 Å². The van der Waals surface area contributed by atoms with Crippen molar-refractivity contribution in [1.29, 1.82) is 0 Å². The number of fused-ring (bicyclic) bond motifs is 2. The molecule has 6 rings (SSSR count). The van der Waals surface area contributed by atoms with Crippen LogP contribution in [0.15, 0.2) is 72.8 Å². The van der Waals surface area contributed by atoms with Gasteiger partial charge in [0.15, 0.2) is 0 Å². The van der Waals surface area contributed by atoms with Crippen LogP contribution in [0.5, 0.6) is 0 Å². The van der Waals surface area contributed by atoms with Crippen molar-refractivity contribution >= 4 is 39.3 Å². The average molecular weight is 468 g/mol. The van der Waals surface area contributed by atoms with Crippen LogP contribution in [0.1, 0.15) is 60.5 Å². The Kier molecular flexibility index (Phi) is 4.99. The summed E-state index contributed by atoms with van der Waals surface area (Å²) in [6.07, 6.45) is 1.76. The van der Waals surface area contributed by atoms with Gasteiger partial charge < -0.3 is 4.90 Å². The average Bonchev–Trinajstić information content (AvgIpc) is 3.58. The molecule has 2 aliphatic heterocycles. The van der Waals surface area contributed by atoms with Crippen molar-refractivity contribution in [1.82, 2.24) is 14.8 Å². The molecule has 1 unspecified atom stereocenters. The highest BCUT2D eigenvalue weighted by molar-refractivity contribution is 7.18. The third kappa shape index (κ3) is 3.40. The van der Waals surface area contributed by atoms with E-state index in [0.29, 0.717) is 23.2 Å². The Hall–Kier alpha value is -3.84. The second-order valence-corrected chi connectivity index (χ2v) is 9.68. The highest BCUT2D eigenvalue weighted by Crippen LogP contribution is 2.37. The molecule has 0 bridgehead atoms. The van der Waals surface area contributed by atoms with Crippen molar-refractivity contribution in [3.05, 3.63) is 100 Å². The Morgan fingerprint density at radius 3 is 2.53 bits per heavy atom. The van der Waals surface area contributed by atoms with E-state index in [1.54, 1.807) is 29.5 Å². The fourth-order valence-electron chi connectivity index (χ4n) is 4.80. The summed E-state index contributed by atoms with van der Waals surface area (Å²) >= 11 is 1.62. The van der Waals surface area contributed by atoms with E-state index in [2.05, 4.69) is 0 Å². The number of benzene rings is 3. The van der Waals surface area contributed by atoms with Crippen molar-refractivity contribution in [3.63, 3.8) is 0 Å². The minimum Gasteiger partial charge on any atom is -0.329 e. The van der Waals surface area contributed by atoms with Gasteiger partial charge in [0.25, 0.3) is 17.7 Å². The Bertz CT molecular complexity index is 1410. The normalized spacial score (nSPS) is 17.6. The number of carbonyl (C=O) groups is 3. The smallest absolute Gasteiger partial charge is 0.261 e. The number of imide groups is 1. The molecule has 7 heteroatoms. The van der Waals surface area contributed by atoms with Gasteiger partial charge in [0.2, 0.25) is 0 Å². The Morgan fingerprint density at radius 1 is 0.941 bits per heavy atom. The maximum Gasteiger partial charge on any atom is 0.261 e. The van der Waals surface area contributed by atoms with Crippen LogP contribution >= 0.6 is 11.3 Å². The van der Waals surface area contributed by atoms with Gasteiger partial charge in [-0.2, -0.15) is 0 Å². The highest BCUT2D eigenvalue weighted by Gasteiger charge is 2.38. The largest absolute Gasteiger partial charge is 0.329 e. The molecule has 3 aromatic carbocycles. The van der Waals surface area contributed by atoms with Crippen LogP contribution in [-0.2, 0) is 6.54 Å². The molecule has 0 radical (unpaired) electrons. The summed E-state index contributed by atoms with van der Waals surface area (Å²) < 4.78 is 1.11. The molecule has 0 aliphatic carbocycles. The fraction of sp³-hybridized carbons (Fsp3) is 0.185. The molecule has 1 aromatic heterocycles. The predicted octanol–water partition coefficient (Wildman–Crippen LogP) is 5.07. The standard InChI is InChI=1S/C27H21N3O3S/c31-25(29-14-6-10-22(29)24-28-21-9-4-5-11-23(21)34-24)18-12-13-19-20(15-18)27(33)30(26(19)32)16-17-7-2-1-3-8-17/h1-5,7-9,11-13,15,22H,6,10,14,16H2. The summed E-state index contributed by atoms with van der Waals surface area (Å²) in [6.45, 7) is 0.853. The second kappa shape index (κ2) is 8.18. The van der Waals surface area contributed by atoms with E-state index in [-0.39, 0.29) is 30.3 Å². The molecule has 0 N–H and O–H groups in total. The second-order valence-electron chi connectivity index (χ2n) is 8.62. The fourth-order valence-corrected chi connectivity index (χ4v) is 5.91. The van der Waals surface area contributed by atoms with Crippen LogP contribution in [0.2, 0.25) is 0 Å². The van der Waals surface area contributed by atoms with E-state index in [4.69, 9.17) is 4.98 Å². The number of thiazole rings is 1. The number of likely N-dealkylation sites (tertiary alicyclic amines) is 1. The van der Waals surface area contributed by atoms with E-state index in [9.17, 15) is 14.4 Å². The number of carbonyl (C=O) groups excluding carboxylic acids is 3. The Morgan fingerprint density at radius 2 is 1.71 bits per heavy atom. The zero-order valence-electron chi connectivity index (χ0n) is 18.3. The molecular weight excluding hydrogens is 446 g/mol. The van der Waals surface area contributed by atoms with Crippen molar-refractivity contribution < 1.29 is 14.4 Å². The lowest BCUT2D eigenvalue weighted by Crippen LogP contribution is -2.30. The van der Waals surface area contributed by atoms with Crippen LogP contribution in [0.4, 0.5) is 0 Å². The molecule has 1 saturated heterocycles. The van der Waals surface area contributed by atoms with Crippen LogP contribution in [0.25, 0.3) is 10.2 Å². The summed E-state index contributed by atoms with van der Waals surface area (Å²) in [5.74, 6) is -0.815. The molecule has 168 valence electrons. The Balaban J connectivity index is 1.27. The molecule has 4 aromatic rings. The number of nitrogens with zero attached hydrogens (tertiary/aromatic N) is 3. The van der Waals surface area contributed by atoms with E-state index in [1.165, 1.54) is 4.90 Å². The quantitative estimate of drug-likeness (QED) is 0.393. The van der Waals surface area contributed by atoms with Crippen LogP contribution in [0.3, 0.4) is 0 Å². The Labute approximate surface area is 200 Å². The first-order chi connectivity index (χ1) is 16.6.